The fourth-order valence-corrected chi connectivity index (χ4v) is 2.47. The minimum atomic E-state index is -0.377. The summed E-state index contributed by atoms with van der Waals surface area (Å²) in [4.78, 5) is 16.3. The van der Waals surface area contributed by atoms with Gasteiger partial charge in [-0.3, -0.25) is 9.48 Å². The predicted octanol–water partition coefficient (Wildman–Crippen LogP) is 3.35. The number of benzene rings is 1. The summed E-state index contributed by atoms with van der Waals surface area (Å²) in [5.74, 6) is 0.586. The smallest absolute Gasteiger partial charge is 0.248 e. The third-order valence-electron chi connectivity index (χ3n) is 3.66. The van der Waals surface area contributed by atoms with E-state index in [1.807, 2.05) is 51.1 Å². The Morgan fingerprint density at radius 3 is 2.57 bits per heavy atom. The first-order valence-electron chi connectivity index (χ1n) is 7.37. The molecule has 1 aromatic carbocycles. The zero-order valence-electron chi connectivity index (χ0n) is 13.3. The molecule has 0 saturated carbocycles. The molecule has 2 aromatic heterocycles. The van der Waals surface area contributed by atoms with Gasteiger partial charge in [0.2, 0.25) is 5.91 Å². The minimum Gasteiger partial charge on any atom is -0.444 e. The van der Waals surface area contributed by atoms with Gasteiger partial charge in [0.25, 0.3) is 0 Å². The largest absolute Gasteiger partial charge is 0.444 e. The van der Waals surface area contributed by atoms with Crippen molar-refractivity contribution < 1.29 is 9.21 Å². The van der Waals surface area contributed by atoms with Crippen LogP contribution in [0.2, 0.25) is 0 Å². The lowest BCUT2D eigenvalue weighted by Gasteiger charge is -2.14. The number of hydrogen-bond acceptors (Lipinski definition) is 4. The Kier molecular flexibility index (Phi) is 3.97. The second-order valence-corrected chi connectivity index (χ2v) is 5.48. The molecule has 0 bridgehead atoms. The van der Waals surface area contributed by atoms with E-state index in [-0.39, 0.29) is 11.9 Å². The van der Waals surface area contributed by atoms with Crippen LogP contribution in [0.1, 0.15) is 24.4 Å². The molecule has 0 aliphatic rings. The van der Waals surface area contributed by atoms with E-state index in [1.165, 1.54) is 6.39 Å². The van der Waals surface area contributed by atoms with Crippen molar-refractivity contribution in [2.75, 3.05) is 5.32 Å². The zero-order valence-corrected chi connectivity index (χ0v) is 13.3. The minimum absolute atomic E-state index is 0.108. The van der Waals surface area contributed by atoms with Gasteiger partial charge < -0.3 is 9.73 Å². The molecule has 6 heteroatoms. The normalized spacial score (nSPS) is 12.1. The van der Waals surface area contributed by atoms with Crippen LogP contribution in [-0.2, 0) is 4.79 Å². The van der Waals surface area contributed by atoms with E-state index in [2.05, 4.69) is 15.4 Å². The van der Waals surface area contributed by atoms with Crippen molar-refractivity contribution in [1.82, 2.24) is 14.8 Å². The Labute approximate surface area is 134 Å². The monoisotopic (exact) mass is 310 g/mol. The number of oxazole rings is 1. The highest BCUT2D eigenvalue weighted by molar-refractivity contribution is 5.93. The van der Waals surface area contributed by atoms with Crippen LogP contribution in [0.4, 0.5) is 5.69 Å². The summed E-state index contributed by atoms with van der Waals surface area (Å²) in [5, 5.41) is 7.26. The SMILES string of the molecule is Cc1cc(C)n(C(C)C(=O)Nc2ccc(-c3cnco3)cc2)n1. The first kappa shape index (κ1) is 15.0. The maximum atomic E-state index is 12.4. The van der Waals surface area contributed by atoms with Crippen molar-refractivity contribution in [3.8, 4) is 11.3 Å². The highest BCUT2D eigenvalue weighted by Gasteiger charge is 2.18. The molecule has 3 aromatic rings. The summed E-state index contributed by atoms with van der Waals surface area (Å²) >= 11 is 0. The summed E-state index contributed by atoms with van der Waals surface area (Å²) in [6.07, 6.45) is 3.04. The van der Waals surface area contributed by atoms with Gasteiger partial charge in [0.05, 0.1) is 11.9 Å². The molecule has 0 spiro atoms. The molecule has 1 atom stereocenters. The number of nitrogens with one attached hydrogen (secondary N) is 1. The molecule has 23 heavy (non-hydrogen) atoms. The van der Waals surface area contributed by atoms with E-state index in [0.717, 1.165) is 22.6 Å². The number of amides is 1. The maximum absolute atomic E-state index is 12.4. The van der Waals surface area contributed by atoms with E-state index >= 15 is 0 Å². The van der Waals surface area contributed by atoms with E-state index in [4.69, 9.17) is 4.42 Å². The summed E-state index contributed by atoms with van der Waals surface area (Å²) in [7, 11) is 0. The Balaban J connectivity index is 1.71. The van der Waals surface area contributed by atoms with Crippen molar-refractivity contribution in [3.63, 3.8) is 0 Å². The van der Waals surface area contributed by atoms with Crippen molar-refractivity contribution in [2.24, 2.45) is 0 Å². The highest BCUT2D eigenvalue weighted by Crippen LogP contribution is 2.21. The average molecular weight is 310 g/mol. The van der Waals surface area contributed by atoms with Crippen molar-refractivity contribution in [3.05, 3.63) is 54.3 Å². The molecule has 1 N–H and O–H groups in total. The summed E-state index contributed by atoms with van der Waals surface area (Å²) in [6.45, 7) is 5.68. The number of anilines is 1. The van der Waals surface area contributed by atoms with Crippen LogP contribution < -0.4 is 5.32 Å². The van der Waals surface area contributed by atoms with Gasteiger partial charge in [-0.1, -0.05) is 0 Å². The third-order valence-corrected chi connectivity index (χ3v) is 3.66. The first-order chi connectivity index (χ1) is 11.0. The van der Waals surface area contributed by atoms with Gasteiger partial charge in [-0.2, -0.15) is 5.10 Å². The van der Waals surface area contributed by atoms with Crippen LogP contribution in [0.5, 0.6) is 0 Å². The van der Waals surface area contributed by atoms with Crippen molar-refractivity contribution >= 4 is 11.6 Å². The Morgan fingerprint density at radius 2 is 2.00 bits per heavy atom. The summed E-state index contributed by atoms with van der Waals surface area (Å²) < 4.78 is 6.97. The predicted molar refractivity (Wildman–Crippen MR) is 87.0 cm³/mol. The molecule has 3 rings (SSSR count). The number of aromatic nitrogens is 3. The molecular formula is C17H18N4O2. The van der Waals surface area contributed by atoms with E-state index in [1.54, 1.807) is 10.9 Å². The van der Waals surface area contributed by atoms with Crippen LogP contribution in [0, 0.1) is 13.8 Å². The maximum Gasteiger partial charge on any atom is 0.248 e. The van der Waals surface area contributed by atoms with Gasteiger partial charge in [-0.25, -0.2) is 4.98 Å². The molecule has 1 unspecified atom stereocenters. The molecule has 0 fully saturated rings. The zero-order chi connectivity index (χ0) is 16.4. The van der Waals surface area contributed by atoms with Gasteiger partial charge in [-0.15, -0.1) is 0 Å². The lowest BCUT2D eigenvalue weighted by atomic mass is 10.1. The molecular weight excluding hydrogens is 292 g/mol. The standard InChI is InChI=1S/C17H18N4O2/c1-11-8-12(2)21(20-11)13(3)17(22)19-15-6-4-14(5-7-15)16-9-18-10-23-16/h4-10,13H,1-3H3,(H,19,22). The van der Waals surface area contributed by atoms with E-state index in [0.29, 0.717) is 5.76 Å². The average Bonchev–Trinajstić information content (AvgIpc) is 3.17. The molecule has 2 heterocycles. The van der Waals surface area contributed by atoms with Gasteiger partial charge in [0.1, 0.15) is 6.04 Å². The topological polar surface area (TPSA) is 73.0 Å². The Morgan fingerprint density at radius 1 is 1.26 bits per heavy atom. The van der Waals surface area contributed by atoms with Gasteiger partial charge in [0.15, 0.2) is 12.2 Å². The molecule has 6 nitrogen and oxygen atoms in total. The lowest BCUT2D eigenvalue weighted by molar-refractivity contribution is -0.119. The Bertz CT molecular complexity index is 804. The van der Waals surface area contributed by atoms with Crippen molar-refractivity contribution in [1.29, 1.82) is 0 Å². The number of carbonyl (C=O) groups excluding carboxylic acids is 1. The number of nitrogens with zero attached hydrogens (tertiary/aromatic N) is 3. The molecule has 118 valence electrons. The van der Waals surface area contributed by atoms with Crippen LogP contribution >= 0.6 is 0 Å². The fraction of sp³-hybridized carbons (Fsp3) is 0.235. The van der Waals surface area contributed by atoms with Crippen LogP contribution in [0.15, 0.2) is 47.3 Å². The first-order valence-corrected chi connectivity index (χ1v) is 7.37. The van der Waals surface area contributed by atoms with Crippen molar-refractivity contribution in [2.45, 2.75) is 26.8 Å². The summed E-state index contributed by atoms with van der Waals surface area (Å²) in [5.41, 5.74) is 3.50. The van der Waals surface area contributed by atoms with Gasteiger partial charge >= 0.3 is 0 Å². The van der Waals surface area contributed by atoms with E-state index < -0.39 is 0 Å². The fourth-order valence-electron chi connectivity index (χ4n) is 2.47. The second kappa shape index (κ2) is 6.08. The molecule has 1 amide bonds. The molecule has 0 radical (unpaired) electrons. The number of hydrogen-bond donors (Lipinski definition) is 1. The van der Waals surface area contributed by atoms with Crippen LogP contribution in [0.25, 0.3) is 11.3 Å². The Hall–Kier alpha value is -2.89. The highest BCUT2D eigenvalue weighted by atomic mass is 16.3. The lowest BCUT2D eigenvalue weighted by Crippen LogP contribution is -2.25. The molecule has 0 aliphatic heterocycles. The van der Waals surface area contributed by atoms with Crippen LogP contribution in [-0.4, -0.2) is 20.7 Å². The van der Waals surface area contributed by atoms with Crippen LogP contribution in [0.3, 0.4) is 0 Å². The number of carbonyl (C=O) groups is 1. The van der Waals surface area contributed by atoms with E-state index in [9.17, 15) is 4.79 Å². The third kappa shape index (κ3) is 3.15. The molecule has 0 saturated heterocycles. The number of aryl methyl sites for hydroxylation is 2. The van der Waals surface area contributed by atoms with Gasteiger partial charge in [0, 0.05) is 16.9 Å². The summed E-state index contributed by atoms with van der Waals surface area (Å²) in [6, 6.07) is 9.01. The second-order valence-electron chi connectivity index (χ2n) is 5.48. The molecule has 0 aliphatic carbocycles. The van der Waals surface area contributed by atoms with Gasteiger partial charge in [-0.05, 0) is 51.1 Å². The number of rotatable bonds is 4. The quantitative estimate of drug-likeness (QED) is 0.802.